The number of amides is 1. The first-order valence-electron chi connectivity index (χ1n) is 11.0. The SMILES string of the molecule is COc1ccc(-c2ccc3c(c2)CNC3=O)c(OCC2(C(=O)OC3CCC3)CC2)c1OC. The zero-order chi connectivity index (χ0) is 22.3. The van der Waals surface area contributed by atoms with Crippen LogP contribution in [0.25, 0.3) is 11.1 Å². The van der Waals surface area contributed by atoms with Gasteiger partial charge in [0.2, 0.25) is 5.75 Å². The number of hydrogen-bond acceptors (Lipinski definition) is 6. The number of carbonyl (C=O) groups excluding carboxylic acids is 2. The van der Waals surface area contributed by atoms with E-state index in [1.807, 2.05) is 30.3 Å². The molecule has 0 unspecified atom stereocenters. The molecule has 0 saturated heterocycles. The van der Waals surface area contributed by atoms with Crippen molar-refractivity contribution in [2.75, 3.05) is 20.8 Å². The average molecular weight is 437 g/mol. The predicted molar refractivity (Wildman–Crippen MR) is 117 cm³/mol. The number of ether oxygens (including phenoxy) is 4. The summed E-state index contributed by atoms with van der Waals surface area (Å²) in [5.41, 5.74) is 2.75. The van der Waals surface area contributed by atoms with Crippen LogP contribution in [0.15, 0.2) is 30.3 Å². The van der Waals surface area contributed by atoms with E-state index in [-0.39, 0.29) is 24.6 Å². The molecule has 1 aliphatic heterocycles. The Hall–Kier alpha value is -3.22. The quantitative estimate of drug-likeness (QED) is 0.632. The Bertz CT molecular complexity index is 1070. The third kappa shape index (κ3) is 3.55. The summed E-state index contributed by atoms with van der Waals surface area (Å²) in [5, 5.41) is 2.84. The molecule has 32 heavy (non-hydrogen) atoms. The van der Waals surface area contributed by atoms with E-state index >= 15 is 0 Å². The molecule has 2 aromatic rings. The highest BCUT2D eigenvalue weighted by molar-refractivity contribution is 5.99. The molecule has 0 bridgehead atoms. The van der Waals surface area contributed by atoms with Crippen LogP contribution >= 0.6 is 0 Å². The van der Waals surface area contributed by atoms with Gasteiger partial charge in [0.1, 0.15) is 18.1 Å². The highest BCUT2D eigenvalue weighted by atomic mass is 16.6. The van der Waals surface area contributed by atoms with E-state index in [4.69, 9.17) is 18.9 Å². The van der Waals surface area contributed by atoms with E-state index in [9.17, 15) is 9.59 Å². The minimum atomic E-state index is -0.588. The third-order valence-corrected chi connectivity index (χ3v) is 6.71. The fourth-order valence-electron chi connectivity index (χ4n) is 4.20. The molecule has 2 fully saturated rings. The molecule has 2 saturated carbocycles. The molecule has 7 nitrogen and oxygen atoms in total. The van der Waals surface area contributed by atoms with Crippen LogP contribution in [-0.2, 0) is 16.1 Å². The van der Waals surface area contributed by atoms with Crippen LogP contribution in [0.2, 0.25) is 0 Å². The van der Waals surface area contributed by atoms with Gasteiger partial charge in [0.25, 0.3) is 5.91 Å². The summed E-state index contributed by atoms with van der Waals surface area (Å²) in [6.45, 7) is 0.724. The van der Waals surface area contributed by atoms with Crippen molar-refractivity contribution in [3.63, 3.8) is 0 Å². The van der Waals surface area contributed by atoms with Crippen molar-refractivity contribution in [2.45, 2.75) is 44.8 Å². The van der Waals surface area contributed by atoms with Crippen LogP contribution in [-0.4, -0.2) is 38.8 Å². The van der Waals surface area contributed by atoms with E-state index in [0.717, 1.165) is 48.8 Å². The third-order valence-electron chi connectivity index (χ3n) is 6.71. The normalized spacial score (nSPS) is 18.2. The summed E-state index contributed by atoms with van der Waals surface area (Å²) in [7, 11) is 3.14. The number of hydrogen-bond donors (Lipinski definition) is 1. The van der Waals surface area contributed by atoms with Gasteiger partial charge in [-0.1, -0.05) is 6.07 Å². The molecule has 0 radical (unpaired) electrons. The van der Waals surface area contributed by atoms with Gasteiger partial charge in [0, 0.05) is 17.7 Å². The number of methoxy groups -OCH3 is 2. The lowest BCUT2D eigenvalue weighted by atomic mass is 9.96. The topological polar surface area (TPSA) is 83.1 Å². The summed E-state index contributed by atoms with van der Waals surface area (Å²) in [6.07, 6.45) is 4.59. The van der Waals surface area contributed by atoms with E-state index in [0.29, 0.717) is 29.4 Å². The fourth-order valence-corrected chi connectivity index (χ4v) is 4.20. The first-order chi connectivity index (χ1) is 15.5. The van der Waals surface area contributed by atoms with Gasteiger partial charge < -0.3 is 24.3 Å². The number of fused-ring (bicyclic) bond motifs is 1. The maximum absolute atomic E-state index is 12.7. The lowest BCUT2D eigenvalue weighted by Crippen LogP contribution is -2.32. The highest BCUT2D eigenvalue weighted by Crippen LogP contribution is 2.50. The first-order valence-corrected chi connectivity index (χ1v) is 11.0. The molecule has 2 aromatic carbocycles. The maximum atomic E-state index is 12.7. The van der Waals surface area contributed by atoms with Crippen molar-refractivity contribution >= 4 is 11.9 Å². The maximum Gasteiger partial charge on any atom is 0.315 e. The second-order valence-corrected chi connectivity index (χ2v) is 8.76. The Labute approximate surface area is 187 Å². The minimum Gasteiger partial charge on any atom is -0.493 e. The second kappa shape index (κ2) is 8.04. The molecular weight excluding hydrogens is 410 g/mol. The first kappa shape index (κ1) is 20.7. The Morgan fingerprint density at radius 3 is 2.50 bits per heavy atom. The van der Waals surface area contributed by atoms with Crippen LogP contribution < -0.4 is 19.5 Å². The summed E-state index contributed by atoms with van der Waals surface area (Å²) < 4.78 is 23.1. The van der Waals surface area contributed by atoms with Gasteiger partial charge in [0.05, 0.1) is 14.2 Å². The monoisotopic (exact) mass is 437 g/mol. The largest absolute Gasteiger partial charge is 0.493 e. The van der Waals surface area contributed by atoms with Crippen LogP contribution in [0.5, 0.6) is 17.2 Å². The van der Waals surface area contributed by atoms with Gasteiger partial charge in [-0.3, -0.25) is 9.59 Å². The number of esters is 1. The molecular formula is C25H27NO6. The van der Waals surface area contributed by atoms with Crippen molar-refractivity contribution in [2.24, 2.45) is 5.41 Å². The van der Waals surface area contributed by atoms with Gasteiger partial charge in [0.15, 0.2) is 11.5 Å². The standard InChI is InChI=1S/C25H27NO6/c1-29-20-9-8-18(15-6-7-19-16(12-15)13-26-23(19)27)21(22(20)30-2)31-14-25(10-11-25)24(28)32-17-4-3-5-17/h6-9,12,17H,3-5,10-11,13-14H2,1-2H3,(H,26,27). The summed E-state index contributed by atoms with van der Waals surface area (Å²) in [4.78, 5) is 24.7. The molecule has 168 valence electrons. The highest BCUT2D eigenvalue weighted by Gasteiger charge is 2.53. The Balaban J connectivity index is 1.45. The molecule has 2 aliphatic carbocycles. The summed E-state index contributed by atoms with van der Waals surface area (Å²) in [6, 6.07) is 9.45. The summed E-state index contributed by atoms with van der Waals surface area (Å²) in [5.74, 6) is 1.32. The van der Waals surface area contributed by atoms with E-state index in [1.165, 1.54) is 0 Å². The molecule has 0 spiro atoms. The zero-order valence-electron chi connectivity index (χ0n) is 18.4. The van der Waals surface area contributed by atoms with Crippen molar-refractivity contribution in [1.29, 1.82) is 0 Å². The Morgan fingerprint density at radius 2 is 1.84 bits per heavy atom. The predicted octanol–water partition coefficient (Wildman–Crippen LogP) is 3.87. The summed E-state index contributed by atoms with van der Waals surface area (Å²) >= 11 is 0. The number of nitrogens with one attached hydrogen (secondary N) is 1. The van der Waals surface area contributed by atoms with Crippen LogP contribution in [0.1, 0.15) is 48.0 Å². The van der Waals surface area contributed by atoms with Gasteiger partial charge in [-0.15, -0.1) is 0 Å². The zero-order valence-corrected chi connectivity index (χ0v) is 18.4. The van der Waals surface area contributed by atoms with Crippen LogP contribution in [0, 0.1) is 5.41 Å². The van der Waals surface area contributed by atoms with Crippen molar-refractivity contribution in [1.82, 2.24) is 5.32 Å². The molecule has 0 aromatic heterocycles. The van der Waals surface area contributed by atoms with Crippen molar-refractivity contribution in [3.8, 4) is 28.4 Å². The lowest BCUT2D eigenvalue weighted by Gasteiger charge is -2.27. The van der Waals surface area contributed by atoms with Gasteiger partial charge in [-0.2, -0.15) is 0 Å². The van der Waals surface area contributed by atoms with E-state index in [1.54, 1.807) is 14.2 Å². The Morgan fingerprint density at radius 1 is 1.06 bits per heavy atom. The van der Waals surface area contributed by atoms with Crippen LogP contribution in [0.4, 0.5) is 0 Å². The molecule has 1 amide bonds. The van der Waals surface area contributed by atoms with Gasteiger partial charge >= 0.3 is 5.97 Å². The minimum absolute atomic E-state index is 0.0593. The molecule has 1 N–H and O–H groups in total. The lowest BCUT2D eigenvalue weighted by molar-refractivity contribution is -0.161. The molecule has 7 heteroatoms. The van der Waals surface area contributed by atoms with E-state index in [2.05, 4.69) is 5.32 Å². The van der Waals surface area contributed by atoms with E-state index < -0.39 is 5.41 Å². The average Bonchev–Trinajstić information content (AvgIpc) is 3.50. The van der Waals surface area contributed by atoms with Gasteiger partial charge in [-0.05, 0) is 67.5 Å². The smallest absolute Gasteiger partial charge is 0.315 e. The Kier molecular flexibility index (Phi) is 5.19. The fraction of sp³-hybridized carbons (Fsp3) is 0.440. The molecule has 1 heterocycles. The van der Waals surface area contributed by atoms with Crippen LogP contribution in [0.3, 0.4) is 0 Å². The second-order valence-electron chi connectivity index (χ2n) is 8.76. The molecule has 0 atom stereocenters. The molecule has 5 rings (SSSR count). The number of benzene rings is 2. The number of rotatable bonds is 8. The number of carbonyl (C=O) groups is 2. The van der Waals surface area contributed by atoms with Crippen molar-refractivity contribution < 1.29 is 28.5 Å². The van der Waals surface area contributed by atoms with Crippen molar-refractivity contribution in [3.05, 3.63) is 41.5 Å². The molecule has 3 aliphatic rings. The van der Waals surface area contributed by atoms with Gasteiger partial charge in [-0.25, -0.2) is 0 Å².